The van der Waals surface area contributed by atoms with Gasteiger partial charge in [0.2, 0.25) is 0 Å². The second-order valence-corrected chi connectivity index (χ2v) is 8.06. The number of benzene rings is 1. The van der Waals surface area contributed by atoms with Gasteiger partial charge in [-0.25, -0.2) is 4.68 Å². The molecule has 8 heteroatoms. The Hall–Kier alpha value is -3.13. The van der Waals surface area contributed by atoms with Gasteiger partial charge in [0.15, 0.2) is 0 Å². The van der Waals surface area contributed by atoms with Crippen LogP contribution in [0.2, 0.25) is 0 Å². The summed E-state index contributed by atoms with van der Waals surface area (Å²) in [6.07, 6.45) is 4.34. The number of anilines is 1. The minimum atomic E-state index is -1.06. The van der Waals surface area contributed by atoms with Crippen LogP contribution in [0.3, 0.4) is 0 Å². The number of hydrogen-bond donors (Lipinski definition) is 1. The molecule has 30 heavy (non-hydrogen) atoms. The Balaban J connectivity index is 1.51. The van der Waals surface area contributed by atoms with E-state index >= 15 is 0 Å². The highest BCUT2D eigenvalue weighted by atomic mass is 16.4. The maximum Gasteiger partial charge on any atom is 0.297 e. The molecule has 2 aromatic heterocycles. The molecule has 3 heterocycles. The molecule has 0 radical (unpaired) electrons. The monoisotopic (exact) mass is 409 g/mol. The molecule has 158 valence electrons. The van der Waals surface area contributed by atoms with E-state index in [0.717, 1.165) is 18.7 Å². The molecule has 1 aromatic carbocycles. The summed E-state index contributed by atoms with van der Waals surface area (Å²) in [5.74, 6) is 0.603. The number of rotatable bonds is 4. The number of aryl methyl sites for hydroxylation is 1. The predicted octanol–water partition coefficient (Wildman–Crippen LogP) is 2.75. The number of para-hydroxylation sites is 1. The van der Waals surface area contributed by atoms with E-state index in [1.165, 1.54) is 0 Å². The summed E-state index contributed by atoms with van der Waals surface area (Å²) in [6.45, 7) is 7.76. The molecular formula is C22H27N5O3. The normalized spacial score (nSPS) is 15.3. The molecule has 1 aliphatic rings. The van der Waals surface area contributed by atoms with Gasteiger partial charge in [-0.2, -0.15) is 10.1 Å². The van der Waals surface area contributed by atoms with E-state index in [1.807, 2.05) is 53.3 Å². The SMILES string of the molecule is Cc1oc(N2CCCN(C(=O)c3ccccc3-n3cccn3)CC2)nc1C(C)(C)O. The maximum absolute atomic E-state index is 13.3. The first-order valence-corrected chi connectivity index (χ1v) is 10.2. The lowest BCUT2D eigenvalue weighted by atomic mass is 10.0. The van der Waals surface area contributed by atoms with E-state index in [2.05, 4.69) is 10.1 Å². The smallest absolute Gasteiger partial charge is 0.297 e. The molecule has 1 amide bonds. The second kappa shape index (κ2) is 7.95. The van der Waals surface area contributed by atoms with Crippen LogP contribution in [0.1, 0.15) is 42.1 Å². The molecule has 3 aromatic rings. The summed E-state index contributed by atoms with van der Waals surface area (Å²) < 4.78 is 7.54. The predicted molar refractivity (Wildman–Crippen MR) is 113 cm³/mol. The van der Waals surface area contributed by atoms with Gasteiger partial charge in [0.05, 0.1) is 11.3 Å². The van der Waals surface area contributed by atoms with Crippen molar-refractivity contribution in [3.8, 4) is 5.69 Å². The fourth-order valence-corrected chi connectivity index (χ4v) is 3.83. The molecule has 8 nitrogen and oxygen atoms in total. The lowest BCUT2D eigenvalue weighted by Crippen LogP contribution is -2.35. The van der Waals surface area contributed by atoms with Crippen molar-refractivity contribution >= 4 is 11.9 Å². The van der Waals surface area contributed by atoms with Gasteiger partial charge in [-0.15, -0.1) is 0 Å². The third-order valence-electron chi connectivity index (χ3n) is 5.30. The van der Waals surface area contributed by atoms with Gasteiger partial charge >= 0.3 is 0 Å². The van der Waals surface area contributed by atoms with E-state index < -0.39 is 5.60 Å². The summed E-state index contributed by atoms with van der Waals surface area (Å²) in [5, 5.41) is 14.6. The van der Waals surface area contributed by atoms with Crippen molar-refractivity contribution in [2.75, 3.05) is 31.1 Å². The quantitative estimate of drug-likeness (QED) is 0.713. The minimum absolute atomic E-state index is 0.0104. The highest BCUT2D eigenvalue weighted by molar-refractivity contribution is 5.97. The van der Waals surface area contributed by atoms with Crippen LogP contribution in [0.5, 0.6) is 0 Å². The molecule has 1 N–H and O–H groups in total. The maximum atomic E-state index is 13.3. The lowest BCUT2D eigenvalue weighted by Gasteiger charge is -2.22. The molecule has 0 saturated carbocycles. The number of carbonyl (C=O) groups excluding carboxylic acids is 1. The third-order valence-corrected chi connectivity index (χ3v) is 5.30. The number of hydrogen-bond acceptors (Lipinski definition) is 6. The average molecular weight is 409 g/mol. The van der Waals surface area contributed by atoms with Crippen LogP contribution in [0.25, 0.3) is 5.69 Å². The highest BCUT2D eigenvalue weighted by Crippen LogP contribution is 2.28. The van der Waals surface area contributed by atoms with Crippen molar-refractivity contribution in [1.29, 1.82) is 0 Å². The van der Waals surface area contributed by atoms with E-state index in [0.29, 0.717) is 42.7 Å². The van der Waals surface area contributed by atoms with Crippen LogP contribution in [-0.4, -0.2) is 56.9 Å². The zero-order valence-corrected chi connectivity index (χ0v) is 17.6. The third kappa shape index (κ3) is 3.95. The van der Waals surface area contributed by atoms with Crippen molar-refractivity contribution < 1.29 is 14.3 Å². The number of oxazole rings is 1. The molecule has 1 aliphatic heterocycles. The standard InChI is InChI=1S/C22H27N5O3/c1-16-19(22(2,3)29)24-21(30-16)26-12-7-11-25(14-15-26)20(28)17-8-4-5-9-18(17)27-13-6-10-23-27/h4-6,8-10,13,29H,7,11-12,14-15H2,1-3H3. The summed E-state index contributed by atoms with van der Waals surface area (Å²) in [5.41, 5.74) is 0.885. The van der Waals surface area contributed by atoms with E-state index in [1.54, 1.807) is 24.7 Å². The highest BCUT2D eigenvalue weighted by Gasteiger charge is 2.28. The van der Waals surface area contributed by atoms with Crippen LogP contribution >= 0.6 is 0 Å². The first-order valence-electron chi connectivity index (χ1n) is 10.2. The van der Waals surface area contributed by atoms with Gasteiger partial charge in [0.1, 0.15) is 17.1 Å². The fourth-order valence-electron chi connectivity index (χ4n) is 3.83. The van der Waals surface area contributed by atoms with Gasteiger partial charge < -0.3 is 19.3 Å². The van der Waals surface area contributed by atoms with Gasteiger partial charge in [0.25, 0.3) is 11.9 Å². The Bertz CT molecular complexity index is 1020. The molecule has 0 spiro atoms. The lowest BCUT2D eigenvalue weighted by molar-refractivity contribution is 0.0727. The zero-order chi connectivity index (χ0) is 21.3. The first-order chi connectivity index (χ1) is 14.3. The molecular weight excluding hydrogens is 382 g/mol. The largest absolute Gasteiger partial charge is 0.429 e. The molecule has 0 unspecified atom stereocenters. The average Bonchev–Trinajstić information content (AvgIpc) is 3.32. The topological polar surface area (TPSA) is 87.6 Å². The fraction of sp³-hybridized carbons (Fsp3) is 0.409. The van der Waals surface area contributed by atoms with Crippen molar-refractivity contribution in [2.24, 2.45) is 0 Å². The van der Waals surface area contributed by atoms with Crippen molar-refractivity contribution in [3.05, 3.63) is 59.7 Å². The first kappa shape index (κ1) is 20.2. The summed E-state index contributed by atoms with van der Waals surface area (Å²) >= 11 is 0. The van der Waals surface area contributed by atoms with Crippen molar-refractivity contribution in [3.63, 3.8) is 0 Å². The van der Waals surface area contributed by atoms with Crippen LogP contribution < -0.4 is 4.90 Å². The Kier molecular flexibility index (Phi) is 5.34. The number of aromatic nitrogens is 3. The van der Waals surface area contributed by atoms with Gasteiger partial charge in [0, 0.05) is 38.6 Å². The summed E-state index contributed by atoms with van der Waals surface area (Å²) in [6, 6.07) is 9.86. The van der Waals surface area contributed by atoms with Crippen LogP contribution in [0, 0.1) is 6.92 Å². The van der Waals surface area contributed by atoms with E-state index in [9.17, 15) is 9.90 Å². The number of nitrogens with zero attached hydrogens (tertiary/aromatic N) is 5. The van der Waals surface area contributed by atoms with Gasteiger partial charge in [-0.3, -0.25) is 4.79 Å². The Morgan fingerprint density at radius 3 is 2.63 bits per heavy atom. The van der Waals surface area contributed by atoms with E-state index in [-0.39, 0.29) is 5.91 Å². The number of aliphatic hydroxyl groups is 1. The van der Waals surface area contributed by atoms with E-state index in [4.69, 9.17) is 4.42 Å². The summed E-state index contributed by atoms with van der Waals surface area (Å²) in [7, 11) is 0. The Morgan fingerprint density at radius 2 is 1.93 bits per heavy atom. The van der Waals surface area contributed by atoms with Gasteiger partial charge in [-0.1, -0.05) is 12.1 Å². The van der Waals surface area contributed by atoms with Crippen LogP contribution in [0.4, 0.5) is 6.01 Å². The zero-order valence-electron chi connectivity index (χ0n) is 17.6. The summed E-state index contributed by atoms with van der Waals surface area (Å²) in [4.78, 5) is 21.7. The Morgan fingerprint density at radius 1 is 1.13 bits per heavy atom. The van der Waals surface area contributed by atoms with Crippen molar-refractivity contribution in [1.82, 2.24) is 19.7 Å². The minimum Gasteiger partial charge on any atom is -0.429 e. The molecule has 0 atom stereocenters. The second-order valence-electron chi connectivity index (χ2n) is 8.06. The molecule has 0 aliphatic carbocycles. The number of amides is 1. The van der Waals surface area contributed by atoms with Gasteiger partial charge in [-0.05, 0) is 45.4 Å². The molecule has 4 rings (SSSR count). The molecule has 1 saturated heterocycles. The van der Waals surface area contributed by atoms with Crippen LogP contribution in [0.15, 0.2) is 47.1 Å². The molecule has 0 bridgehead atoms. The molecule has 1 fully saturated rings. The Labute approximate surface area is 175 Å². The van der Waals surface area contributed by atoms with Crippen LogP contribution in [-0.2, 0) is 5.60 Å². The number of carbonyl (C=O) groups is 1. The van der Waals surface area contributed by atoms with Crippen molar-refractivity contribution in [2.45, 2.75) is 32.8 Å².